The second-order valence-electron chi connectivity index (χ2n) is 20.0. The van der Waals surface area contributed by atoms with E-state index in [9.17, 15) is 19.0 Å². The van der Waals surface area contributed by atoms with Gasteiger partial charge in [0.2, 0.25) is 0 Å². The summed E-state index contributed by atoms with van der Waals surface area (Å²) in [6.45, 7) is 4.27. The minimum Gasteiger partial charge on any atom is -0.756 e. The van der Waals surface area contributed by atoms with Gasteiger partial charge in [0.05, 0.1) is 27.7 Å². The standard InChI is InChI=1S/C55H106NO8P/c1-6-8-10-12-14-16-18-20-22-24-26-27-28-29-30-32-34-36-38-40-42-44-46-48-55(58)64-53(52-63-65(59,60)62-50-49-56(3,4)5)51-61-54(57)47-45-43-41-39-37-35-33-31-25-23-21-19-17-15-13-11-9-7-2/h18,20,24,26,53H,6-17,19,21-23,25,27-52H2,1-5H3/b20-18-,26-24-. The van der Waals surface area contributed by atoms with Gasteiger partial charge in [-0.1, -0.05) is 231 Å². The van der Waals surface area contributed by atoms with Crippen molar-refractivity contribution in [1.82, 2.24) is 0 Å². The van der Waals surface area contributed by atoms with Gasteiger partial charge in [0.15, 0.2) is 6.10 Å². The van der Waals surface area contributed by atoms with Gasteiger partial charge in [0.1, 0.15) is 19.8 Å². The van der Waals surface area contributed by atoms with E-state index in [1.54, 1.807) is 0 Å². The summed E-state index contributed by atoms with van der Waals surface area (Å²) in [5.74, 6) is -0.821. The van der Waals surface area contributed by atoms with Crippen LogP contribution in [0.2, 0.25) is 0 Å². The quantitative estimate of drug-likeness (QED) is 0.0195. The number of hydrogen-bond donors (Lipinski definition) is 0. The Hall–Kier alpha value is -1.51. The molecule has 2 atom stereocenters. The first-order valence-corrected chi connectivity index (χ1v) is 29.0. The van der Waals surface area contributed by atoms with Gasteiger partial charge in [0.25, 0.3) is 7.82 Å². The third-order valence-corrected chi connectivity index (χ3v) is 13.2. The van der Waals surface area contributed by atoms with Crippen LogP contribution in [-0.2, 0) is 32.7 Å². The van der Waals surface area contributed by atoms with E-state index in [0.717, 1.165) is 44.9 Å². The molecule has 2 unspecified atom stereocenters. The van der Waals surface area contributed by atoms with Crippen molar-refractivity contribution in [2.45, 2.75) is 270 Å². The van der Waals surface area contributed by atoms with Gasteiger partial charge in [-0.05, 0) is 44.9 Å². The zero-order valence-electron chi connectivity index (χ0n) is 43.5. The van der Waals surface area contributed by atoms with Gasteiger partial charge in [0, 0.05) is 12.8 Å². The normalized spacial score (nSPS) is 13.5. The molecule has 0 fully saturated rings. The number of esters is 2. The van der Waals surface area contributed by atoms with Crippen LogP contribution in [0, 0.1) is 0 Å². The highest BCUT2D eigenvalue weighted by atomic mass is 31.2. The summed E-state index contributed by atoms with van der Waals surface area (Å²) in [6, 6.07) is 0. The van der Waals surface area contributed by atoms with E-state index in [0.29, 0.717) is 17.4 Å². The lowest BCUT2D eigenvalue weighted by Crippen LogP contribution is -2.37. The molecular formula is C55H106NO8P. The molecule has 0 aliphatic heterocycles. The second kappa shape index (κ2) is 47.6. The fourth-order valence-electron chi connectivity index (χ4n) is 7.92. The third-order valence-electron chi connectivity index (χ3n) is 12.2. The van der Waals surface area contributed by atoms with Gasteiger partial charge >= 0.3 is 11.9 Å². The molecule has 0 N–H and O–H groups in total. The molecule has 0 aromatic carbocycles. The Bertz CT molecular complexity index is 1150. The maximum atomic E-state index is 12.8. The zero-order valence-corrected chi connectivity index (χ0v) is 44.3. The molecule has 0 aliphatic carbocycles. The predicted molar refractivity (Wildman–Crippen MR) is 273 cm³/mol. The molecular weight excluding hydrogens is 834 g/mol. The fourth-order valence-corrected chi connectivity index (χ4v) is 8.65. The minimum absolute atomic E-state index is 0.0287. The van der Waals surface area contributed by atoms with Crippen LogP contribution < -0.4 is 4.89 Å². The maximum absolute atomic E-state index is 12.8. The Kier molecular flexibility index (Phi) is 46.4. The van der Waals surface area contributed by atoms with Gasteiger partial charge < -0.3 is 27.9 Å². The summed E-state index contributed by atoms with van der Waals surface area (Å²) in [5, 5.41) is 0. The van der Waals surface area contributed by atoms with E-state index in [1.165, 1.54) is 186 Å². The van der Waals surface area contributed by atoms with Crippen molar-refractivity contribution in [3.63, 3.8) is 0 Å². The average Bonchev–Trinajstić information content (AvgIpc) is 3.26. The number of ether oxygens (including phenoxy) is 2. The minimum atomic E-state index is -4.63. The predicted octanol–water partition coefficient (Wildman–Crippen LogP) is 16.0. The molecule has 0 heterocycles. The Labute approximate surface area is 402 Å². The molecule has 0 saturated carbocycles. The molecule has 0 aliphatic rings. The molecule has 0 bridgehead atoms. The highest BCUT2D eigenvalue weighted by molar-refractivity contribution is 7.45. The van der Waals surface area contributed by atoms with Gasteiger partial charge in [-0.25, -0.2) is 0 Å². The van der Waals surface area contributed by atoms with E-state index in [2.05, 4.69) is 38.2 Å². The summed E-state index contributed by atoms with van der Waals surface area (Å²) < 4.78 is 34.1. The number of carbonyl (C=O) groups is 2. The van der Waals surface area contributed by atoms with E-state index in [4.69, 9.17) is 18.5 Å². The average molecular weight is 940 g/mol. The van der Waals surface area contributed by atoms with Crippen LogP contribution in [0.25, 0.3) is 0 Å². The molecule has 65 heavy (non-hydrogen) atoms. The van der Waals surface area contributed by atoms with Crippen LogP contribution in [0.5, 0.6) is 0 Å². The van der Waals surface area contributed by atoms with Crippen LogP contribution in [-0.4, -0.2) is 70.0 Å². The smallest absolute Gasteiger partial charge is 0.306 e. The number of hydrogen-bond acceptors (Lipinski definition) is 8. The van der Waals surface area contributed by atoms with Crippen LogP contribution in [0.1, 0.15) is 264 Å². The first-order chi connectivity index (χ1) is 31.5. The molecule has 0 spiro atoms. The first-order valence-electron chi connectivity index (χ1n) is 27.5. The largest absolute Gasteiger partial charge is 0.756 e. The fraction of sp³-hybridized carbons (Fsp3) is 0.891. The van der Waals surface area contributed by atoms with E-state index >= 15 is 0 Å². The number of phosphoric acid groups is 1. The molecule has 384 valence electrons. The van der Waals surface area contributed by atoms with E-state index in [-0.39, 0.29) is 32.0 Å². The number of allylic oxidation sites excluding steroid dienone is 4. The molecule has 0 rings (SSSR count). The lowest BCUT2D eigenvalue weighted by atomic mass is 10.0. The molecule has 10 heteroatoms. The SMILES string of the molecule is CCCCCCC/C=C\C/C=C\CCCCCCCCCCCCCC(=O)OC(COC(=O)CCCCCCCCCCCCCCCCCCCC)COP(=O)([O-])OCC[N+](C)(C)C. The highest BCUT2D eigenvalue weighted by Gasteiger charge is 2.21. The Morgan fingerprint density at radius 1 is 0.477 bits per heavy atom. The summed E-state index contributed by atoms with van der Waals surface area (Å²) in [5.41, 5.74) is 0. The summed E-state index contributed by atoms with van der Waals surface area (Å²) in [6.07, 6.45) is 54.9. The molecule has 9 nitrogen and oxygen atoms in total. The van der Waals surface area contributed by atoms with Crippen molar-refractivity contribution in [1.29, 1.82) is 0 Å². The number of unbranched alkanes of at least 4 members (excludes halogenated alkanes) is 33. The number of phosphoric ester groups is 1. The lowest BCUT2D eigenvalue weighted by Gasteiger charge is -2.28. The van der Waals surface area contributed by atoms with Crippen LogP contribution in [0.15, 0.2) is 24.3 Å². The summed E-state index contributed by atoms with van der Waals surface area (Å²) >= 11 is 0. The van der Waals surface area contributed by atoms with Gasteiger partial charge in [-0.2, -0.15) is 0 Å². The first kappa shape index (κ1) is 63.5. The Balaban J connectivity index is 4.18. The number of carbonyl (C=O) groups excluding carboxylic acids is 2. The van der Waals surface area contributed by atoms with Crippen molar-refractivity contribution in [2.75, 3.05) is 47.5 Å². The van der Waals surface area contributed by atoms with Crippen molar-refractivity contribution in [2.24, 2.45) is 0 Å². The number of nitrogens with zero attached hydrogens (tertiary/aromatic N) is 1. The molecule has 0 saturated heterocycles. The molecule has 0 radical (unpaired) electrons. The van der Waals surface area contributed by atoms with Gasteiger partial charge in [-0.3, -0.25) is 14.2 Å². The lowest BCUT2D eigenvalue weighted by molar-refractivity contribution is -0.870. The van der Waals surface area contributed by atoms with E-state index in [1.807, 2.05) is 21.1 Å². The van der Waals surface area contributed by atoms with Crippen molar-refractivity contribution >= 4 is 19.8 Å². The highest BCUT2D eigenvalue weighted by Crippen LogP contribution is 2.38. The Morgan fingerprint density at radius 3 is 1.22 bits per heavy atom. The monoisotopic (exact) mass is 940 g/mol. The third kappa shape index (κ3) is 51.7. The van der Waals surface area contributed by atoms with Crippen LogP contribution in [0.3, 0.4) is 0 Å². The summed E-state index contributed by atoms with van der Waals surface area (Å²) in [4.78, 5) is 37.8. The van der Waals surface area contributed by atoms with Crippen molar-refractivity contribution in [3.8, 4) is 0 Å². The summed E-state index contributed by atoms with van der Waals surface area (Å²) in [7, 11) is 1.18. The molecule has 0 aromatic heterocycles. The van der Waals surface area contributed by atoms with Gasteiger partial charge in [-0.15, -0.1) is 0 Å². The van der Waals surface area contributed by atoms with Crippen molar-refractivity contribution in [3.05, 3.63) is 24.3 Å². The number of rotatable bonds is 51. The maximum Gasteiger partial charge on any atom is 0.306 e. The number of quaternary nitrogens is 1. The number of likely N-dealkylation sites (N-methyl/N-ethyl adjacent to an activating group) is 1. The topological polar surface area (TPSA) is 111 Å². The Morgan fingerprint density at radius 2 is 0.831 bits per heavy atom. The second-order valence-corrected chi connectivity index (χ2v) is 21.4. The zero-order chi connectivity index (χ0) is 47.8. The van der Waals surface area contributed by atoms with Crippen molar-refractivity contribution < 1.29 is 42.1 Å². The molecule has 0 aromatic rings. The van der Waals surface area contributed by atoms with E-state index < -0.39 is 26.5 Å². The van der Waals surface area contributed by atoms with Crippen LogP contribution >= 0.6 is 7.82 Å². The van der Waals surface area contributed by atoms with Crippen LogP contribution in [0.4, 0.5) is 0 Å². The molecule has 0 amide bonds.